The Kier molecular flexibility index (Phi) is 7.71. The van der Waals surface area contributed by atoms with Gasteiger partial charge in [0.25, 0.3) is 5.91 Å². The van der Waals surface area contributed by atoms with E-state index in [1.807, 2.05) is 0 Å². The van der Waals surface area contributed by atoms with Crippen molar-refractivity contribution >= 4 is 29.9 Å². The summed E-state index contributed by atoms with van der Waals surface area (Å²) in [7, 11) is 0. The number of anilines is 1. The molecule has 4 N–H and O–H groups in total. The Morgan fingerprint density at radius 1 is 1.37 bits per heavy atom. The second-order valence-corrected chi connectivity index (χ2v) is 3.77. The molecule has 2 amide bonds. The molecule has 106 valence electrons. The van der Waals surface area contributed by atoms with E-state index < -0.39 is 11.7 Å². The van der Waals surface area contributed by atoms with E-state index in [2.05, 4.69) is 10.6 Å². The van der Waals surface area contributed by atoms with Crippen molar-refractivity contribution in [3.05, 3.63) is 29.6 Å². The van der Waals surface area contributed by atoms with Crippen molar-refractivity contribution in [2.75, 3.05) is 18.4 Å². The largest absolute Gasteiger partial charge is 0.352 e. The molecule has 0 aliphatic carbocycles. The molecule has 0 radical (unpaired) electrons. The van der Waals surface area contributed by atoms with Crippen LogP contribution in [0.15, 0.2) is 18.2 Å². The van der Waals surface area contributed by atoms with E-state index in [4.69, 9.17) is 5.73 Å². The molecule has 19 heavy (non-hydrogen) atoms. The van der Waals surface area contributed by atoms with Gasteiger partial charge in [0.1, 0.15) is 5.82 Å². The maximum atomic E-state index is 13.3. The van der Waals surface area contributed by atoms with E-state index in [0.29, 0.717) is 19.5 Å². The summed E-state index contributed by atoms with van der Waals surface area (Å²) in [4.78, 5) is 22.5. The maximum Gasteiger partial charge on any atom is 0.251 e. The maximum absolute atomic E-state index is 13.3. The molecule has 0 saturated heterocycles. The van der Waals surface area contributed by atoms with Crippen molar-refractivity contribution in [3.8, 4) is 0 Å². The van der Waals surface area contributed by atoms with Crippen LogP contribution >= 0.6 is 12.4 Å². The number of hydrogen-bond donors (Lipinski definition) is 3. The highest BCUT2D eigenvalue weighted by Gasteiger charge is 2.10. The minimum Gasteiger partial charge on any atom is -0.352 e. The van der Waals surface area contributed by atoms with Gasteiger partial charge in [0, 0.05) is 19.0 Å². The lowest BCUT2D eigenvalue weighted by molar-refractivity contribution is -0.114. The minimum atomic E-state index is -0.580. The third-order valence-electron chi connectivity index (χ3n) is 2.21. The molecule has 0 fully saturated rings. The Labute approximate surface area is 117 Å². The molecule has 0 unspecified atom stereocenters. The summed E-state index contributed by atoms with van der Waals surface area (Å²) >= 11 is 0. The quantitative estimate of drug-likeness (QED) is 0.714. The number of carbonyl (C=O) groups is 2. The van der Waals surface area contributed by atoms with E-state index in [1.165, 1.54) is 19.1 Å². The van der Waals surface area contributed by atoms with Crippen molar-refractivity contribution in [2.24, 2.45) is 5.73 Å². The van der Waals surface area contributed by atoms with Gasteiger partial charge in [-0.2, -0.15) is 0 Å². The fraction of sp³-hybridized carbons (Fsp3) is 0.333. The summed E-state index contributed by atoms with van der Waals surface area (Å²) in [5.74, 6) is -1.30. The van der Waals surface area contributed by atoms with Crippen molar-refractivity contribution in [2.45, 2.75) is 13.3 Å². The predicted octanol–water partition coefficient (Wildman–Crippen LogP) is 1.28. The number of hydrogen-bond acceptors (Lipinski definition) is 3. The Hall–Kier alpha value is -1.66. The average molecular weight is 290 g/mol. The summed E-state index contributed by atoms with van der Waals surface area (Å²) in [6, 6.07) is 3.80. The lowest BCUT2D eigenvalue weighted by Crippen LogP contribution is -2.26. The molecule has 0 heterocycles. The Morgan fingerprint density at radius 3 is 2.63 bits per heavy atom. The Morgan fingerprint density at radius 2 is 2.05 bits per heavy atom. The highest BCUT2D eigenvalue weighted by molar-refractivity contribution is 5.96. The number of benzene rings is 1. The first-order valence-electron chi connectivity index (χ1n) is 5.60. The van der Waals surface area contributed by atoms with Gasteiger partial charge in [-0.3, -0.25) is 9.59 Å². The van der Waals surface area contributed by atoms with E-state index in [9.17, 15) is 14.0 Å². The summed E-state index contributed by atoms with van der Waals surface area (Å²) in [5, 5.41) is 4.97. The van der Waals surface area contributed by atoms with Crippen LogP contribution in [-0.2, 0) is 4.79 Å². The van der Waals surface area contributed by atoms with Gasteiger partial charge in [0.15, 0.2) is 0 Å². The monoisotopic (exact) mass is 289 g/mol. The molecule has 0 aliphatic rings. The summed E-state index contributed by atoms with van der Waals surface area (Å²) in [6.45, 7) is 2.22. The molecule has 5 nitrogen and oxygen atoms in total. The van der Waals surface area contributed by atoms with E-state index in [1.54, 1.807) is 0 Å². The van der Waals surface area contributed by atoms with Crippen LogP contribution in [0.4, 0.5) is 10.1 Å². The number of nitrogens with one attached hydrogen (secondary N) is 2. The van der Waals surface area contributed by atoms with Crippen molar-refractivity contribution in [3.63, 3.8) is 0 Å². The molecule has 0 spiro atoms. The van der Waals surface area contributed by atoms with E-state index in [0.717, 1.165) is 6.07 Å². The number of rotatable bonds is 5. The van der Waals surface area contributed by atoms with Crippen LogP contribution < -0.4 is 16.4 Å². The standard InChI is InChI=1S/C12H16FN3O2.ClH/c1-8(17)16-11-7-9(3-4-10(11)13)12(18)15-6-2-5-14;/h3-4,7H,2,5-6,14H2,1H3,(H,15,18)(H,16,17);1H. The van der Waals surface area contributed by atoms with Gasteiger partial charge >= 0.3 is 0 Å². The van der Waals surface area contributed by atoms with Crippen LogP contribution in [-0.4, -0.2) is 24.9 Å². The molecule has 1 aromatic carbocycles. The predicted molar refractivity (Wildman–Crippen MR) is 74.0 cm³/mol. The number of amides is 2. The van der Waals surface area contributed by atoms with Crippen molar-refractivity contribution in [1.29, 1.82) is 0 Å². The zero-order valence-electron chi connectivity index (χ0n) is 10.5. The van der Waals surface area contributed by atoms with Gasteiger partial charge in [-0.1, -0.05) is 0 Å². The fourth-order valence-electron chi connectivity index (χ4n) is 1.36. The summed E-state index contributed by atoms with van der Waals surface area (Å²) in [5.41, 5.74) is 5.59. The highest BCUT2D eigenvalue weighted by atomic mass is 35.5. The SMILES string of the molecule is CC(=O)Nc1cc(C(=O)NCCCN)ccc1F.Cl. The topological polar surface area (TPSA) is 84.2 Å². The summed E-state index contributed by atoms with van der Waals surface area (Å²) in [6.07, 6.45) is 0.672. The van der Waals surface area contributed by atoms with Crippen LogP contribution in [0.25, 0.3) is 0 Å². The first-order valence-corrected chi connectivity index (χ1v) is 5.60. The summed E-state index contributed by atoms with van der Waals surface area (Å²) < 4.78 is 13.3. The first-order chi connectivity index (χ1) is 8.54. The van der Waals surface area contributed by atoms with Gasteiger partial charge in [-0.25, -0.2) is 4.39 Å². The molecular weight excluding hydrogens is 273 g/mol. The van der Waals surface area contributed by atoms with Gasteiger partial charge < -0.3 is 16.4 Å². The number of nitrogens with two attached hydrogens (primary N) is 1. The molecule has 1 aromatic rings. The van der Waals surface area contributed by atoms with Gasteiger partial charge in [0.05, 0.1) is 5.69 Å². The molecule has 0 aromatic heterocycles. The fourth-order valence-corrected chi connectivity index (χ4v) is 1.36. The number of halogens is 2. The molecule has 7 heteroatoms. The zero-order chi connectivity index (χ0) is 13.5. The van der Waals surface area contributed by atoms with Gasteiger partial charge in [-0.05, 0) is 31.2 Å². The smallest absolute Gasteiger partial charge is 0.251 e. The van der Waals surface area contributed by atoms with Gasteiger partial charge in [-0.15, -0.1) is 12.4 Å². The second kappa shape index (κ2) is 8.44. The average Bonchev–Trinajstić information content (AvgIpc) is 2.31. The molecule has 0 bridgehead atoms. The van der Waals surface area contributed by atoms with Crippen molar-refractivity contribution in [1.82, 2.24) is 5.32 Å². The van der Waals surface area contributed by atoms with Crippen LogP contribution in [0.3, 0.4) is 0 Å². The first kappa shape index (κ1) is 17.3. The van der Waals surface area contributed by atoms with Crippen LogP contribution in [0, 0.1) is 5.82 Å². The third-order valence-corrected chi connectivity index (χ3v) is 2.21. The third kappa shape index (κ3) is 5.67. The Balaban J connectivity index is 0.00000324. The zero-order valence-corrected chi connectivity index (χ0v) is 11.3. The molecule has 0 atom stereocenters. The van der Waals surface area contributed by atoms with Crippen LogP contribution in [0.1, 0.15) is 23.7 Å². The minimum absolute atomic E-state index is 0. The lowest BCUT2D eigenvalue weighted by atomic mass is 10.1. The Bertz CT molecular complexity index is 455. The molecular formula is C12H17ClFN3O2. The van der Waals surface area contributed by atoms with Crippen molar-refractivity contribution < 1.29 is 14.0 Å². The second-order valence-electron chi connectivity index (χ2n) is 3.77. The molecule has 1 rings (SSSR count). The normalized spacial score (nSPS) is 9.42. The molecule has 0 saturated carbocycles. The number of carbonyl (C=O) groups excluding carboxylic acids is 2. The van der Waals surface area contributed by atoms with Crippen LogP contribution in [0.5, 0.6) is 0 Å². The van der Waals surface area contributed by atoms with Crippen LogP contribution in [0.2, 0.25) is 0 Å². The lowest BCUT2D eigenvalue weighted by Gasteiger charge is -2.08. The highest BCUT2D eigenvalue weighted by Crippen LogP contribution is 2.16. The van der Waals surface area contributed by atoms with E-state index in [-0.39, 0.29) is 29.6 Å². The molecule has 0 aliphatic heterocycles. The van der Waals surface area contributed by atoms with Gasteiger partial charge in [0.2, 0.25) is 5.91 Å². The van der Waals surface area contributed by atoms with E-state index >= 15 is 0 Å².